The zero-order valence-corrected chi connectivity index (χ0v) is 17.9. The Morgan fingerprint density at radius 3 is 2.21 bits per heavy atom. The second-order valence-corrected chi connectivity index (χ2v) is 8.34. The van der Waals surface area contributed by atoms with Gasteiger partial charge in [0.15, 0.2) is 6.61 Å². The molecule has 1 saturated heterocycles. The van der Waals surface area contributed by atoms with E-state index in [4.69, 9.17) is 9.47 Å². The number of carbonyl (C=O) groups is 3. The first kappa shape index (κ1) is 22.5. The minimum absolute atomic E-state index is 0.319. The van der Waals surface area contributed by atoms with E-state index in [9.17, 15) is 14.4 Å². The van der Waals surface area contributed by atoms with Crippen molar-refractivity contribution in [1.82, 2.24) is 4.90 Å². The van der Waals surface area contributed by atoms with E-state index in [0.29, 0.717) is 31.6 Å². The Morgan fingerprint density at radius 1 is 1.10 bits per heavy atom. The SMILES string of the molecule is CN(C)c1ccc(NC(=O)COC(=O)C2CCN(C(=O)OC(C)(C)C)CC2)cc1. The van der Waals surface area contributed by atoms with Crippen LogP contribution in [0.5, 0.6) is 0 Å². The van der Waals surface area contributed by atoms with Gasteiger partial charge in [-0.05, 0) is 57.9 Å². The summed E-state index contributed by atoms with van der Waals surface area (Å²) >= 11 is 0. The normalized spacial score (nSPS) is 14.9. The van der Waals surface area contributed by atoms with Gasteiger partial charge in [0.2, 0.25) is 0 Å². The first-order chi connectivity index (χ1) is 13.5. The van der Waals surface area contributed by atoms with Crippen LogP contribution in [0.4, 0.5) is 16.2 Å². The van der Waals surface area contributed by atoms with Gasteiger partial charge in [0, 0.05) is 38.6 Å². The van der Waals surface area contributed by atoms with Crippen LogP contribution >= 0.6 is 0 Å². The van der Waals surface area contributed by atoms with Crippen LogP contribution in [0.3, 0.4) is 0 Å². The number of amides is 2. The van der Waals surface area contributed by atoms with Crippen molar-refractivity contribution >= 4 is 29.3 Å². The number of benzene rings is 1. The summed E-state index contributed by atoms with van der Waals surface area (Å²) in [6.07, 6.45) is 0.612. The molecule has 2 amide bonds. The van der Waals surface area contributed by atoms with E-state index >= 15 is 0 Å². The lowest BCUT2D eigenvalue weighted by Crippen LogP contribution is -2.43. The van der Waals surface area contributed by atoms with Crippen molar-refractivity contribution in [1.29, 1.82) is 0 Å². The van der Waals surface area contributed by atoms with E-state index < -0.39 is 11.6 Å². The molecule has 29 heavy (non-hydrogen) atoms. The number of hydrogen-bond acceptors (Lipinski definition) is 6. The second kappa shape index (κ2) is 9.62. The molecular weight excluding hydrogens is 374 g/mol. The fraction of sp³-hybridized carbons (Fsp3) is 0.571. The van der Waals surface area contributed by atoms with E-state index in [0.717, 1.165) is 5.69 Å². The minimum Gasteiger partial charge on any atom is -0.455 e. The Hall–Kier alpha value is -2.77. The summed E-state index contributed by atoms with van der Waals surface area (Å²) < 4.78 is 10.5. The highest BCUT2D eigenvalue weighted by atomic mass is 16.6. The molecule has 0 atom stereocenters. The number of ether oxygens (including phenoxy) is 2. The van der Waals surface area contributed by atoms with Gasteiger partial charge in [0.1, 0.15) is 5.60 Å². The summed E-state index contributed by atoms with van der Waals surface area (Å²) in [5.74, 6) is -1.12. The van der Waals surface area contributed by atoms with Gasteiger partial charge in [-0.3, -0.25) is 9.59 Å². The van der Waals surface area contributed by atoms with Gasteiger partial charge in [-0.15, -0.1) is 0 Å². The molecular formula is C21H31N3O5. The number of anilines is 2. The molecule has 1 aliphatic rings. The van der Waals surface area contributed by atoms with Crippen LogP contribution in [0, 0.1) is 5.92 Å². The summed E-state index contributed by atoms with van der Waals surface area (Å²) in [6.45, 7) is 5.97. The molecule has 0 aliphatic carbocycles. The van der Waals surface area contributed by atoms with Crippen molar-refractivity contribution in [2.24, 2.45) is 5.92 Å². The smallest absolute Gasteiger partial charge is 0.410 e. The molecule has 1 fully saturated rings. The quantitative estimate of drug-likeness (QED) is 0.758. The van der Waals surface area contributed by atoms with Crippen molar-refractivity contribution in [3.05, 3.63) is 24.3 Å². The van der Waals surface area contributed by atoms with Gasteiger partial charge in [0.25, 0.3) is 5.91 Å². The number of nitrogens with one attached hydrogen (secondary N) is 1. The van der Waals surface area contributed by atoms with Crippen molar-refractivity contribution in [3.8, 4) is 0 Å². The molecule has 160 valence electrons. The number of likely N-dealkylation sites (tertiary alicyclic amines) is 1. The maximum Gasteiger partial charge on any atom is 0.410 e. The lowest BCUT2D eigenvalue weighted by atomic mass is 9.97. The van der Waals surface area contributed by atoms with Gasteiger partial charge in [-0.25, -0.2) is 4.79 Å². The Bertz CT molecular complexity index is 717. The van der Waals surface area contributed by atoms with Gasteiger partial charge < -0.3 is 24.6 Å². The average Bonchev–Trinajstić information content (AvgIpc) is 2.65. The van der Waals surface area contributed by atoms with E-state index in [-0.39, 0.29) is 24.5 Å². The fourth-order valence-electron chi connectivity index (χ4n) is 2.92. The molecule has 0 bridgehead atoms. The summed E-state index contributed by atoms with van der Waals surface area (Å²) in [4.78, 5) is 39.9. The highest BCUT2D eigenvalue weighted by Crippen LogP contribution is 2.21. The minimum atomic E-state index is -0.549. The van der Waals surface area contributed by atoms with Crippen LogP contribution in [0.2, 0.25) is 0 Å². The zero-order chi connectivity index (χ0) is 21.6. The van der Waals surface area contributed by atoms with Crippen LogP contribution in [-0.4, -0.2) is 62.3 Å². The largest absolute Gasteiger partial charge is 0.455 e. The molecule has 0 unspecified atom stereocenters. The third-order valence-electron chi connectivity index (χ3n) is 4.49. The van der Waals surface area contributed by atoms with Crippen molar-refractivity contribution in [3.63, 3.8) is 0 Å². The highest BCUT2D eigenvalue weighted by molar-refractivity contribution is 5.93. The van der Waals surface area contributed by atoms with Gasteiger partial charge in [0.05, 0.1) is 5.92 Å². The molecule has 1 aromatic carbocycles. The molecule has 2 rings (SSSR count). The molecule has 1 heterocycles. The molecule has 8 heteroatoms. The van der Waals surface area contributed by atoms with Crippen molar-refractivity contribution in [2.45, 2.75) is 39.2 Å². The van der Waals surface area contributed by atoms with E-state index in [1.165, 1.54) is 0 Å². The van der Waals surface area contributed by atoms with E-state index in [2.05, 4.69) is 5.32 Å². The predicted molar refractivity (Wildman–Crippen MR) is 111 cm³/mol. The van der Waals surface area contributed by atoms with E-state index in [1.807, 2.05) is 51.9 Å². The van der Waals surface area contributed by atoms with Gasteiger partial charge in [-0.1, -0.05) is 0 Å². The van der Waals surface area contributed by atoms with E-state index in [1.54, 1.807) is 17.0 Å². The zero-order valence-electron chi connectivity index (χ0n) is 17.9. The summed E-state index contributed by atoms with van der Waals surface area (Å²) in [5.41, 5.74) is 1.11. The second-order valence-electron chi connectivity index (χ2n) is 8.34. The maximum absolute atomic E-state index is 12.2. The molecule has 1 N–H and O–H groups in total. The summed E-state index contributed by atoms with van der Waals surface area (Å²) in [6, 6.07) is 7.36. The standard InChI is InChI=1S/C21H31N3O5/c1-21(2,3)29-20(27)24-12-10-15(11-13-24)19(26)28-14-18(25)22-16-6-8-17(9-7-16)23(4)5/h6-9,15H,10-14H2,1-5H3,(H,22,25). The Morgan fingerprint density at radius 2 is 1.69 bits per heavy atom. The Kier molecular flexibility index (Phi) is 7.47. The molecule has 8 nitrogen and oxygen atoms in total. The fourth-order valence-corrected chi connectivity index (χ4v) is 2.92. The molecule has 1 aliphatic heterocycles. The first-order valence-corrected chi connectivity index (χ1v) is 9.77. The van der Waals surface area contributed by atoms with Crippen LogP contribution in [0.15, 0.2) is 24.3 Å². The third-order valence-corrected chi connectivity index (χ3v) is 4.49. The van der Waals surface area contributed by atoms with Crippen LogP contribution in [0.25, 0.3) is 0 Å². The molecule has 0 aromatic heterocycles. The predicted octanol–water partition coefficient (Wildman–Crippen LogP) is 2.88. The number of nitrogens with zero attached hydrogens (tertiary/aromatic N) is 2. The number of carbonyl (C=O) groups excluding carboxylic acids is 3. The summed E-state index contributed by atoms with van der Waals surface area (Å²) in [5, 5.41) is 2.71. The van der Waals surface area contributed by atoms with Crippen LogP contribution in [-0.2, 0) is 19.1 Å². The van der Waals surface area contributed by atoms with Gasteiger partial charge in [-0.2, -0.15) is 0 Å². The summed E-state index contributed by atoms with van der Waals surface area (Å²) in [7, 11) is 3.87. The number of piperidine rings is 1. The molecule has 0 spiro atoms. The van der Waals surface area contributed by atoms with Gasteiger partial charge >= 0.3 is 12.1 Å². The average molecular weight is 405 g/mol. The lowest BCUT2D eigenvalue weighted by Gasteiger charge is -2.32. The first-order valence-electron chi connectivity index (χ1n) is 9.77. The number of rotatable bonds is 5. The topological polar surface area (TPSA) is 88.2 Å². The lowest BCUT2D eigenvalue weighted by molar-refractivity contribution is -0.153. The number of hydrogen-bond donors (Lipinski definition) is 1. The Labute approximate surface area is 172 Å². The number of esters is 1. The third kappa shape index (κ3) is 7.29. The molecule has 0 saturated carbocycles. The maximum atomic E-state index is 12.2. The van der Waals surface area contributed by atoms with Crippen molar-refractivity contribution < 1.29 is 23.9 Å². The van der Waals surface area contributed by atoms with Crippen LogP contribution < -0.4 is 10.2 Å². The monoisotopic (exact) mass is 405 g/mol. The van der Waals surface area contributed by atoms with Crippen molar-refractivity contribution in [2.75, 3.05) is 44.0 Å². The highest BCUT2D eigenvalue weighted by Gasteiger charge is 2.30. The van der Waals surface area contributed by atoms with Crippen LogP contribution in [0.1, 0.15) is 33.6 Å². The molecule has 0 radical (unpaired) electrons. The Balaban J connectivity index is 1.73. The molecule has 1 aromatic rings.